The van der Waals surface area contributed by atoms with E-state index >= 15 is 0 Å². The van der Waals surface area contributed by atoms with E-state index in [1.165, 1.54) is 22.3 Å². The van der Waals surface area contributed by atoms with Crippen LogP contribution < -0.4 is 5.73 Å². The summed E-state index contributed by atoms with van der Waals surface area (Å²) in [6.07, 6.45) is 5.37. The normalized spacial score (nSPS) is 15.4. The number of fused-ring (bicyclic) bond motifs is 1. The Hall–Kier alpha value is -2.59. The molecule has 4 heteroatoms. The zero-order valence-corrected chi connectivity index (χ0v) is 17.4. The average molecular weight is 393 g/mol. The van der Waals surface area contributed by atoms with Crippen LogP contribution >= 0.6 is 0 Å². The molecule has 4 nitrogen and oxygen atoms in total. The van der Waals surface area contributed by atoms with E-state index in [2.05, 4.69) is 54.8 Å². The number of nitrogens with zero attached hydrogens (tertiary/aromatic N) is 1. The highest BCUT2D eigenvalue weighted by molar-refractivity contribution is 5.73. The summed E-state index contributed by atoms with van der Waals surface area (Å²) in [4.78, 5) is 13.6. The van der Waals surface area contributed by atoms with Gasteiger partial charge in [0.05, 0.1) is 0 Å². The first-order chi connectivity index (χ1) is 14.0. The van der Waals surface area contributed by atoms with E-state index in [4.69, 9.17) is 5.73 Å². The van der Waals surface area contributed by atoms with E-state index in [0.717, 1.165) is 50.8 Å². The second-order valence-electron chi connectivity index (χ2n) is 8.05. The Morgan fingerprint density at radius 1 is 1.21 bits per heavy atom. The number of benzene rings is 2. The van der Waals surface area contributed by atoms with Crippen molar-refractivity contribution in [3.63, 3.8) is 0 Å². The Labute approximate surface area is 174 Å². The lowest BCUT2D eigenvalue weighted by atomic mass is 10.0. The lowest BCUT2D eigenvalue weighted by Gasteiger charge is -2.30. The number of rotatable bonds is 10. The molecule has 1 amide bonds. The Kier molecular flexibility index (Phi) is 7.10. The highest BCUT2D eigenvalue weighted by atomic mass is 16.3. The topological polar surface area (TPSA) is 66.6 Å². The zero-order valence-electron chi connectivity index (χ0n) is 17.4. The van der Waals surface area contributed by atoms with Crippen LogP contribution in [0.4, 0.5) is 0 Å². The molecule has 1 aliphatic rings. The quantitative estimate of drug-likeness (QED) is 0.454. The van der Waals surface area contributed by atoms with Crippen molar-refractivity contribution in [1.29, 1.82) is 0 Å². The lowest BCUT2D eigenvalue weighted by Crippen LogP contribution is -2.31. The SMILES string of the molecule is C=C(O)c1ccc2c(c1)CC[C@@H]2N(CCCCC(N)=O)CCc1ccccc1C. The molecule has 0 spiro atoms. The van der Waals surface area contributed by atoms with Gasteiger partial charge in [-0.05, 0) is 73.9 Å². The highest BCUT2D eigenvalue weighted by Crippen LogP contribution is 2.37. The Morgan fingerprint density at radius 3 is 2.72 bits per heavy atom. The smallest absolute Gasteiger partial charge is 0.217 e. The molecule has 0 aromatic heterocycles. The van der Waals surface area contributed by atoms with E-state index in [1.807, 2.05) is 6.07 Å². The van der Waals surface area contributed by atoms with E-state index in [1.54, 1.807) is 0 Å². The average Bonchev–Trinajstić information content (AvgIpc) is 3.11. The maximum Gasteiger partial charge on any atom is 0.217 e. The van der Waals surface area contributed by atoms with Gasteiger partial charge in [0.2, 0.25) is 5.91 Å². The summed E-state index contributed by atoms with van der Waals surface area (Å²) in [5, 5.41) is 9.71. The number of aryl methyl sites for hydroxylation is 2. The molecule has 0 unspecified atom stereocenters. The van der Waals surface area contributed by atoms with Crippen LogP contribution in [0.25, 0.3) is 5.76 Å². The van der Waals surface area contributed by atoms with Crippen LogP contribution in [-0.2, 0) is 17.6 Å². The van der Waals surface area contributed by atoms with Crippen molar-refractivity contribution >= 4 is 11.7 Å². The first-order valence-corrected chi connectivity index (χ1v) is 10.5. The minimum absolute atomic E-state index is 0.124. The van der Waals surface area contributed by atoms with Crippen molar-refractivity contribution in [3.05, 3.63) is 76.9 Å². The van der Waals surface area contributed by atoms with E-state index in [0.29, 0.717) is 12.5 Å². The molecular weight excluding hydrogens is 360 g/mol. The number of aliphatic hydroxyl groups excluding tert-OH is 1. The van der Waals surface area contributed by atoms with Crippen molar-refractivity contribution < 1.29 is 9.90 Å². The van der Waals surface area contributed by atoms with Crippen LogP contribution in [0.1, 0.15) is 59.5 Å². The van der Waals surface area contributed by atoms with E-state index in [-0.39, 0.29) is 11.7 Å². The predicted molar refractivity (Wildman–Crippen MR) is 119 cm³/mol. The first-order valence-electron chi connectivity index (χ1n) is 10.5. The number of primary amides is 1. The summed E-state index contributed by atoms with van der Waals surface area (Å²) >= 11 is 0. The third-order valence-corrected chi connectivity index (χ3v) is 6.01. The molecule has 29 heavy (non-hydrogen) atoms. The second kappa shape index (κ2) is 9.75. The van der Waals surface area contributed by atoms with Crippen molar-refractivity contribution in [2.24, 2.45) is 5.73 Å². The summed E-state index contributed by atoms with van der Waals surface area (Å²) in [5.41, 5.74) is 11.5. The van der Waals surface area contributed by atoms with Gasteiger partial charge in [-0.1, -0.05) is 43.0 Å². The van der Waals surface area contributed by atoms with Gasteiger partial charge in [-0.15, -0.1) is 0 Å². The monoisotopic (exact) mass is 392 g/mol. The molecule has 154 valence electrons. The fourth-order valence-corrected chi connectivity index (χ4v) is 4.35. The molecule has 1 aliphatic carbocycles. The molecule has 0 fully saturated rings. The number of aliphatic hydroxyl groups is 1. The fraction of sp³-hybridized carbons (Fsp3) is 0.400. The number of amides is 1. The third-order valence-electron chi connectivity index (χ3n) is 6.01. The summed E-state index contributed by atoms with van der Waals surface area (Å²) < 4.78 is 0. The van der Waals surface area contributed by atoms with Crippen molar-refractivity contribution in [1.82, 2.24) is 4.90 Å². The van der Waals surface area contributed by atoms with Crippen LogP contribution in [0.5, 0.6) is 0 Å². The molecule has 0 heterocycles. The number of hydrogen-bond acceptors (Lipinski definition) is 3. The highest BCUT2D eigenvalue weighted by Gasteiger charge is 2.28. The van der Waals surface area contributed by atoms with Crippen molar-refractivity contribution in [3.8, 4) is 0 Å². The summed E-state index contributed by atoms with van der Waals surface area (Å²) in [7, 11) is 0. The summed E-state index contributed by atoms with van der Waals surface area (Å²) in [6, 6.07) is 15.1. The molecule has 3 rings (SSSR count). The molecule has 0 bridgehead atoms. The number of nitrogens with two attached hydrogens (primary N) is 1. The van der Waals surface area contributed by atoms with Gasteiger partial charge >= 0.3 is 0 Å². The minimum atomic E-state index is -0.223. The van der Waals surface area contributed by atoms with Gasteiger partial charge in [-0.3, -0.25) is 9.69 Å². The number of hydrogen-bond donors (Lipinski definition) is 2. The van der Waals surface area contributed by atoms with Gasteiger partial charge in [0.15, 0.2) is 0 Å². The Bertz CT molecular complexity index is 875. The first kappa shape index (κ1) is 21.1. The van der Waals surface area contributed by atoms with Gasteiger partial charge in [0.25, 0.3) is 0 Å². The fourth-order valence-electron chi connectivity index (χ4n) is 4.35. The van der Waals surface area contributed by atoms with E-state index < -0.39 is 0 Å². The molecule has 0 saturated carbocycles. The molecule has 0 aliphatic heterocycles. The summed E-state index contributed by atoms with van der Waals surface area (Å²) in [5.74, 6) is -0.0986. The Balaban J connectivity index is 1.73. The maximum atomic E-state index is 11.1. The second-order valence-corrected chi connectivity index (χ2v) is 8.05. The summed E-state index contributed by atoms with van der Waals surface area (Å²) in [6.45, 7) is 7.76. The maximum absolute atomic E-state index is 11.1. The minimum Gasteiger partial charge on any atom is -0.508 e. The number of unbranched alkanes of at least 4 members (excludes halogenated alkanes) is 1. The van der Waals surface area contributed by atoms with Crippen LogP contribution in [-0.4, -0.2) is 29.0 Å². The van der Waals surface area contributed by atoms with Gasteiger partial charge in [-0.25, -0.2) is 0 Å². The van der Waals surface area contributed by atoms with Crippen molar-refractivity contribution in [2.45, 2.75) is 51.5 Å². The van der Waals surface area contributed by atoms with Gasteiger partial charge in [-0.2, -0.15) is 0 Å². The predicted octanol–water partition coefficient (Wildman–Crippen LogP) is 4.71. The molecule has 0 saturated heterocycles. The molecule has 2 aromatic carbocycles. The third kappa shape index (κ3) is 5.48. The number of carbonyl (C=O) groups is 1. The number of carbonyl (C=O) groups excluding carboxylic acids is 1. The molecule has 2 aromatic rings. The largest absolute Gasteiger partial charge is 0.508 e. The van der Waals surface area contributed by atoms with Gasteiger partial charge < -0.3 is 10.8 Å². The lowest BCUT2D eigenvalue weighted by molar-refractivity contribution is -0.118. The molecule has 0 radical (unpaired) electrons. The zero-order chi connectivity index (χ0) is 20.8. The van der Waals surface area contributed by atoms with Crippen LogP contribution in [0, 0.1) is 6.92 Å². The van der Waals surface area contributed by atoms with Crippen LogP contribution in [0.2, 0.25) is 0 Å². The molecular formula is C25H32N2O2. The van der Waals surface area contributed by atoms with Gasteiger partial charge in [0.1, 0.15) is 5.76 Å². The Morgan fingerprint density at radius 2 is 2.00 bits per heavy atom. The molecule has 1 atom stereocenters. The van der Waals surface area contributed by atoms with Gasteiger partial charge in [0, 0.05) is 24.6 Å². The van der Waals surface area contributed by atoms with Crippen LogP contribution in [0.15, 0.2) is 49.0 Å². The van der Waals surface area contributed by atoms with Crippen molar-refractivity contribution in [2.75, 3.05) is 13.1 Å². The van der Waals surface area contributed by atoms with E-state index in [9.17, 15) is 9.90 Å². The standard InChI is InChI=1S/C25H32N2O2/c1-18-7-3-4-8-20(18)14-16-27(15-6-5-9-25(26)29)24-13-11-22-17-21(19(2)28)10-12-23(22)24/h3-4,7-8,10,12,17,24,28H,2,5-6,9,11,13-16H2,1H3,(H2,26,29)/t24-/m0/s1. The molecule has 3 N–H and O–H groups in total. The van der Waals surface area contributed by atoms with Crippen LogP contribution in [0.3, 0.4) is 0 Å².